The fourth-order valence-electron chi connectivity index (χ4n) is 1.06. The van der Waals surface area contributed by atoms with E-state index in [4.69, 9.17) is 16.9 Å². The van der Waals surface area contributed by atoms with Crippen LogP contribution < -0.4 is 5.32 Å². The number of benzene rings is 1. The van der Waals surface area contributed by atoms with Crippen LogP contribution >= 0.6 is 38.9 Å². The van der Waals surface area contributed by atoms with Gasteiger partial charge in [-0.2, -0.15) is 5.26 Å². The summed E-state index contributed by atoms with van der Waals surface area (Å²) in [6.45, 7) is 0. The second kappa shape index (κ2) is 4.78. The normalized spacial score (nSPS) is 9.81. The molecule has 1 aromatic carbocycles. The number of anilines is 2. The van der Waals surface area contributed by atoms with Gasteiger partial charge in [-0.05, 0) is 34.1 Å². The molecule has 0 fully saturated rings. The molecule has 0 aliphatic heterocycles. The Hall–Kier alpha value is -1.16. The van der Waals surface area contributed by atoms with Crippen molar-refractivity contribution >= 4 is 49.7 Å². The molecule has 0 aliphatic rings. The molecule has 2 aromatic rings. The van der Waals surface area contributed by atoms with E-state index in [-0.39, 0.29) is 0 Å². The summed E-state index contributed by atoms with van der Waals surface area (Å²) in [6, 6.07) is 7.03. The molecule has 0 saturated heterocycles. The molecule has 80 valence electrons. The number of nitrogens with one attached hydrogen (secondary N) is 1. The van der Waals surface area contributed by atoms with E-state index in [1.165, 1.54) is 11.3 Å². The molecule has 0 unspecified atom stereocenters. The third-order valence-corrected chi connectivity index (χ3v) is 3.34. The highest BCUT2D eigenvalue weighted by Gasteiger charge is 2.06. The van der Waals surface area contributed by atoms with Crippen LogP contribution in [0.1, 0.15) is 5.56 Å². The van der Waals surface area contributed by atoms with E-state index in [0.29, 0.717) is 25.3 Å². The fraction of sp³-hybridized carbons (Fsp3) is 0. The Bertz CT molecular complexity index is 563. The number of nitrogens with zero attached hydrogens (tertiary/aromatic N) is 3. The predicted molar refractivity (Wildman–Crippen MR) is 67.1 cm³/mol. The molecule has 0 radical (unpaired) electrons. The van der Waals surface area contributed by atoms with Gasteiger partial charge in [0.2, 0.25) is 5.13 Å². The van der Waals surface area contributed by atoms with Crippen LogP contribution in [0.3, 0.4) is 0 Å². The van der Waals surface area contributed by atoms with Gasteiger partial charge in [0, 0.05) is 0 Å². The van der Waals surface area contributed by atoms with Gasteiger partial charge in [-0.25, -0.2) is 0 Å². The lowest BCUT2D eigenvalue weighted by molar-refractivity contribution is 1.07. The van der Waals surface area contributed by atoms with E-state index >= 15 is 0 Å². The molecule has 16 heavy (non-hydrogen) atoms. The molecule has 2 rings (SSSR count). The molecule has 0 aliphatic carbocycles. The van der Waals surface area contributed by atoms with Crippen LogP contribution in [0.5, 0.6) is 0 Å². The van der Waals surface area contributed by atoms with Crippen molar-refractivity contribution in [2.45, 2.75) is 0 Å². The van der Waals surface area contributed by atoms with Crippen LogP contribution in [0.4, 0.5) is 10.8 Å². The van der Waals surface area contributed by atoms with E-state index in [1.54, 1.807) is 18.2 Å². The zero-order valence-corrected chi connectivity index (χ0v) is 10.9. The van der Waals surface area contributed by atoms with Gasteiger partial charge in [-0.1, -0.05) is 22.9 Å². The molecular formula is C9H4BrClN4S. The van der Waals surface area contributed by atoms with Crippen LogP contribution in [-0.4, -0.2) is 10.2 Å². The molecule has 0 amide bonds. The van der Waals surface area contributed by atoms with Gasteiger partial charge >= 0.3 is 0 Å². The molecule has 1 aromatic heterocycles. The van der Waals surface area contributed by atoms with Crippen molar-refractivity contribution in [2.24, 2.45) is 0 Å². The van der Waals surface area contributed by atoms with E-state index in [1.807, 2.05) is 6.07 Å². The van der Waals surface area contributed by atoms with Crippen molar-refractivity contribution in [3.8, 4) is 6.07 Å². The van der Waals surface area contributed by atoms with E-state index in [9.17, 15) is 0 Å². The summed E-state index contributed by atoms with van der Waals surface area (Å²) in [5.74, 6) is 0. The lowest BCUT2D eigenvalue weighted by Crippen LogP contribution is -1.91. The average molecular weight is 316 g/mol. The van der Waals surface area contributed by atoms with E-state index in [0.717, 1.165) is 0 Å². The topological polar surface area (TPSA) is 61.6 Å². The predicted octanol–water partition coefficient (Wildman–Crippen LogP) is 3.57. The SMILES string of the molecule is N#Cc1ccc(Cl)c(Nc2nnc(Br)s2)c1. The number of halogens is 2. The number of nitriles is 1. The number of rotatable bonds is 2. The Balaban J connectivity index is 2.30. The van der Waals surface area contributed by atoms with Gasteiger partial charge in [-0.15, -0.1) is 10.2 Å². The lowest BCUT2D eigenvalue weighted by Gasteiger charge is -2.04. The maximum Gasteiger partial charge on any atom is 0.210 e. The quantitative estimate of drug-likeness (QED) is 0.920. The number of aromatic nitrogens is 2. The minimum absolute atomic E-state index is 0.533. The summed E-state index contributed by atoms with van der Waals surface area (Å²) in [6.07, 6.45) is 0. The highest BCUT2D eigenvalue weighted by Crippen LogP contribution is 2.29. The molecule has 0 bridgehead atoms. The van der Waals surface area contributed by atoms with Crippen molar-refractivity contribution in [3.63, 3.8) is 0 Å². The maximum atomic E-state index is 8.77. The van der Waals surface area contributed by atoms with Gasteiger partial charge in [0.15, 0.2) is 3.92 Å². The van der Waals surface area contributed by atoms with Crippen LogP contribution in [0, 0.1) is 11.3 Å². The second-order valence-electron chi connectivity index (χ2n) is 2.79. The molecule has 7 heteroatoms. The van der Waals surface area contributed by atoms with Crippen LogP contribution in [0.15, 0.2) is 22.1 Å². The number of hydrogen-bond acceptors (Lipinski definition) is 5. The molecule has 0 saturated carbocycles. The summed E-state index contributed by atoms with van der Waals surface area (Å²) in [4.78, 5) is 0. The monoisotopic (exact) mass is 314 g/mol. The van der Waals surface area contributed by atoms with Crippen molar-refractivity contribution in [1.82, 2.24) is 10.2 Å². The molecule has 1 heterocycles. The third-order valence-electron chi connectivity index (χ3n) is 1.74. The summed E-state index contributed by atoms with van der Waals surface area (Å²) in [7, 11) is 0. The standard InChI is InChI=1S/C9H4BrClN4S/c10-8-14-15-9(16-8)13-7-3-5(4-12)1-2-6(7)11/h1-3H,(H,13,15). The van der Waals surface area contributed by atoms with Gasteiger partial charge < -0.3 is 5.32 Å². The molecule has 1 N–H and O–H groups in total. The summed E-state index contributed by atoms with van der Waals surface area (Å²) in [5, 5.41) is 20.6. The Morgan fingerprint density at radius 1 is 1.44 bits per heavy atom. The lowest BCUT2D eigenvalue weighted by atomic mass is 10.2. The Morgan fingerprint density at radius 2 is 2.25 bits per heavy atom. The first-order valence-electron chi connectivity index (χ1n) is 4.15. The van der Waals surface area contributed by atoms with Crippen molar-refractivity contribution in [3.05, 3.63) is 32.7 Å². The first-order chi connectivity index (χ1) is 7.69. The zero-order chi connectivity index (χ0) is 11.5. The minimum Gasteiger partial charge on any atom is -0.329 e. The Kier molecular flexibility index (Phi) is 3.39. The smallest absolute Gasteiger partial charge is 0.210 e. The highest BCUT2D eigenvalue weighted by molar-refractivity contribution is 9.11. The first kappa shape index (κ1) is 11.3. The van der Waals surface area contributed by atoms with Gasteiger partial charge in [-0.3, -0.25) is 0 Å². The Labute approximate surface area is 109 Å². The second-order valence-corrected chi connectivity index (χ2v) is 5.45. The summed E-state index contributed by atoms with van der Waals surface area (Å²) in [5.41, 5.74) is 1.18. The van der Waals surface area contributed by atoms with Gasteiger partial charge in [0.25, 0.3) is 0 Å². The average Bonchev–Trinajstić information content (AvgIpc) is 2.67. The van der Waals surface area contributed by atoms with E-state index < -0.39 is 0 Å². The minimum atomic E-state index is 0.533. The molecule has 4 nitrogen and oxygen atoms in total. The third kappa shape index (κ3) is 2.50. The van der Waals surface area contributed by atoms with Crippen LogP contribution in [-0.2, 0) is 0 Å². The van der Waals surface area contributed by atoms with Gasteiger partial charge in [0.05, 0.1) is 22.3 Å². The van der Waals surface area contributed by atoms with Crippen molar-refractivity contribution in [2.75, 3.05) is 5.32 Å². The first-order valence-corrected chi connectivity index (χ1v) is 6.13. The largest absolute Gasteiger partial charge is 0.329 e. The molecule has 0 atom stereocenters. The fourth-order valence-corrected chi connectivity index (χ4v) is 2.25. The Morgan fingerprint density at radius 3 is 2.88 bits per heavy atom. The zero-order valence-electron chi connectivity index (χ0n) is 7.74. The van der Waals surface area contributed by atoms with Gasteiger partial charge in [0.1, 0.15) is 0 Å². The molecule has 0 spiro atoms. The summed E-state index contributed by atoms with van der Waals surface area (Å²) >= 11 is 10.5. The van der Waals surface area contributed by atoms with E-state index in [2.05, 4.69) is 31.4 Å². The van der Waals surface area contributed by atoms with Crippen LogP contribution in [0.2, 0.25) is 5.02 Å². The van der Waals surface area contributed by atoms with Crippen molar-refractivity contribution in [1.29, 1.82) is 5.26 Å². The highest BCUT2D eigenvalue weighted by atomic mass is 79.9. The number of hydrogen-bond donors (Lipinski definition) is 1. The maximum absolute atomic E-state index is 8.77. The molecular weight excluding hydrogens is 312 g/mol. The van der Waals surface area contributed by atoms with Crippen LogP contribution in [0.25, 0.3) is 0 Å². The summed E-state index contributed by atoms with van der Waals surface area (Å²) < 4.78 is 0.683. The van der Waals surface area contributed by atoms with Crippen molar-refractivity contribution < 1.29 is 0 Å².